The van der Waals surface area contributed by atoms with E-state index in [0.717, 1.165) is 11.1 Å². The van der Waals surface area contributed by atoms with E-state index in [4.69, 9.17) is 4.74 Å². The molecule has 6 nitrogen and oxygen atoms in total. The molecule has 0 fully saturated rings. The van der Waals surface area contributed by atoms with Crippen molar-refractivity contribution in [3.63, 3.8) is 0 Å². The van der Waals surface area contributed by atoms with E-state index in [-0.39, 0.29) is 24.9 Å². The van der Waals surface area contributed by atoms with Gasteiger partial charge in [0, 0.05) is 32.1 Å². The molecule has 26 heavy (non-hydrogen) atoms. The van der Waals surface area contributed by atoms with E-state index in [1.54, 1.807) is 54.7 Å². The maximum Gasteiger partial charge on any atom is 0.343 e. The first-order valence-electron chi connectivity index (χ1n) is 7.70. The molecule has 0 bridgehead atoms. The topological polar surface area (TPSA) is 68.7 Å². The second kappa shape index (κ2) is 10.9. The quantitative estimate of drug-likeness (QED) is 0.549. The molecule has 0 aliphatic heterocycles. The molecule has 0 aliphatic rings. The minimum absolute atomic E-state index is 0. The van der Waals surface area contributed by atoms with Gasteiger partial charge in [0.2, 0.25) is 5.91 Å². The first-order valence-corrected chi connectivity index (χ1v) is 7.70. The summed E-state index contributed by atoms with van der Waals surface area (Å²) in [6.07, 6.45) is 6.68. The van der Waals surface area contributed by atoms with Gasteiger partial charge in [-0.15, -0.1) is 12.4 Å². The van der Waals surface area contributed by atoms with Crippen molar-refractivity contribution in [1.29, 1.82) is 0 Å². The highest BCUT2D eigenvalue weighted by atomic mass is 35.5. The highest BCUT2D eigenvalue weighted by molar-refractivity contribution is 5.91. The number of hydrogen-bond donors (Lipinski definition) is 0. The molecule has 138 valence electrons. The van der Waals surface area contributed by atoms with E-state index in [1.165, 1.54) is 13.2 Å². The number of carbonyl (C=O) groups is 2. The number of halogens is 1. The van der Waals surface area contributed by atoms with Crippen LogP contribution < -0.4 is 4.74 Å². The Morgan fingerprint density at radius 2 is 1.92 bits per heavy atom. The lowest BCUT2D eigenvalue weighted by Crippen LogP contribution is -2.24. The van der Waals surface area contributed by atoms with Gasteiger partial charge in [-0.05, 0) is 35.4 Å². The third-order valence-electron chi connectivity index (χ3n) is 3.40. The number of nitrogens with zero attached hydrogens (tertiary/aromatic N) is 2. The van der Waals surface area contributed by atoms with Crippen LogP contribution in [0.15, 0.2) is 54.9 Å². The molecule has 7 heteroatoms. The largest absolute Gasteiger partial charge is 0.482 e. The standard InChI is InChI=1S/C19H20N2O4.ClH/c1-21(13-16-4-3-11-20-12-16)18(22)10-7-15-5-8-17(9-6-15)25-14-19(23)24-2;/h3-12H,13-14H2,1-2H3;1H/b10-7+;. The fourth-order valence-corrected chi connectivity index (χ4v) is 2.01. The summed E-state index contributed by atoms with van der Waals surface area (Å²) in [6, 6.07) is 10.8. The second-order valence-electron chi connectivity index (χ2n) is 5.32. The van der Waals surface area contributed by atoms with Gasteiger partial charge in [0.25, 0.3) is 0 Å². The van der Waals surface area contributed by atoms with E-state index < -0.39 is 5.97 Å². The van der Waals surface area contributed by atoms with Gasteiger partial charge in [-0.25, -0.2) is 4.79 Å². The van der Waals surface area contributed by atoms with E-state index in [1.807, 2.05) is 12.1 Å². The van der Waals surface area contributed by atoms with E-state index in [0.29, 0.717) is 12.3 Å². The van der Waals surface area contributed by atoms with Crippen molar-refractivity contribution in [1.82, 2.24) is 9.88 Å². The second-order valence-corrected chi connectivity index (χ2v) is 5.32. The Morgan fingerprint density at radius 3 is 2.54 bits per heavy atom. The molecular weight excluding hydrogens is 356 g/mol. The number of aromatic nitrogens is 1. The predicted molar refractivity (Wildman–Crippen MR) is 101 cm³/mol. The molecule has 0 saturated carbocycles. The molecule has 1 aromatic carbocycles. The van der Waals surface area contributed by atoms with Crippen molar-refractivity contribution in [2.24, 2.45) is 0 Å². The van der Waals surface area contributed by atoms with Crippen molar-refractivity contribution >= 4 is 30.4 Å². The SMILES string of the molecule is COC(=O)COc1ccc(/C=C/C(=O)N(C)Cc2cccnc2)cc1.Cl. The van der Waals surface area contributed by atoms with Crippen LogP contribution in [0.5, 0.6) is 5.75 Å². The molecule has 0 saturated heterocycles. The number of amides is 1. The summed E-state index contributed by atoms with van der Waals surface area (Å²) in [7, 11) is 3.05. The lowest BCUT2D eigenvalue weighted by molar-refractivity contribution is -0.142. The number of methoxy groups -OCH3 is 1. The van der Waals surface area contributed by atoms with Crippen molar-refractivity contribution in [3.8, 4) is 5.75 Å². The van der Waals surface area contributed by atoms with E-state index >= 15 is 0 Å². The van der Waals surface area contributed by atoms with Gasteiger partial charge in [0.15, 0.2) is 6.61 Å². The summed E-state index contributed by atoms with van der Waals surface area (Å²) in [4.78, 5) is 28.8. The number of rotatable bonds is 7. The number of carbonyl (C=O) groups excluding carboxylic acids is 2. The summed E-state index contributed by atoms with van der Waals surface area (Å²) >= 11 is 0. The van der Waals surface area contributed by atoms with Crippen LogP contribution in [-0.2, 0) is 20.9 Å². The number of esters is 1. The molecule has 0 radical (unpaired) electrons. The molecule has 1 aromatic heterocycles. The first kappa shape index (κ1) is 21.2. The zero-order valence-electron chi connectivity index (χ0n) is 14.6. The van der Waals surface area contributed by atoms with E-state index in [2.05, 4.69) is 9.72 Å². The average Bonchev–Trinajstić information content (AvgIpc) is 2.65. The molecule has 2 rings (SSSR count). The fourth-order valence-electron chi connectivity index (χ4n) is 2.01. The Labute approximate surface area is 158 Å². The maximum atomic E-state index is 12.1. The predicted octanol–water partition coefficient (Wildman–Crippen LogP) is 2.73. The van der Waals surface area contributed by atoms with Crippen LogP contribution in [0.3, 0.4) is 0 Å². The number of likely N-dealkylation sites (N-methyl/N-ethyl adjacent to an activating group) is 1. The zero-order chi connectivity index (χ0) is 18.1. The van der Waals surface area contributed by atoms with Crippen LogP contribution in [-0.4, -0.2) is 42.5 Å². The van der Waals surface area contributed by atoms with Crippen molar-refractivity contribution in [3.05, 3.63) is 66.0 Å². The minimum Gasteiger partial charge on any atom is -0.482 e. The van der Waals surface area contributed by atoms with Crippen LogP contribution in [0.2, 0.25) is 0 Å². The summed E-state index contributed by atoms with van der Waals surface area (Å²) in [5, 5.41) is 0. The number of pyridine rings is 1. The van der Waals surface area contributed by atoms with Crippen LogP contribution in [0.1, 0.15) is 11.1 Å². The van der Waals surface area contributed by atoms with Crippen molar-refractivity contribution < 1.29 is 19.1 Å². The highest BCUT2D eigenvalue weighted by Crippen LogP contribution is 2.13. The zero-order valence-corrected chi connectivity index (χ0v) is 15.4. The smallest absolute Gasteiger partial charge is 0.343 e. The highest BCUT2D eigenvalue weighted by Gasteiger charge is 2.06. The van der Waals surface area contributed by atoms with Gasteiger partial charge in [0.1, 0.15) is 5.75 Å². The van der Waals surface area contributed by atoms with E-state index in [9.17, 15) is 9.59 Å². The van der Waals surface area contributed by atoms with Crippen LogP contribution >= 0.6 is 12.4 Å². The lowest BCUT2D eigenvalue weighted by atomic mass is 10.2. The van der Waals surface area contributed by atoms with Gasteiger partial charge < -0.3 is 14.4 Å². The van der Waals surface area contributed by atoms with Crippen LogP contribution in [0.25, 0.3) is 6.08 Å². The summed E-state index contributed by atoms with van der Waals surface area (Å²) < 4.78 is 9.77. The Bertz CT molecular complexity index is 733. The Morgan fingerprint density at radius 1 is 1.19 bits per heavy atom. The molecule has 0 N–H and O–H groups in total. The third-order valence-corrected chi connectivity index (χ3v) is 3.40. The summed E-state index contributed by atoms with van der Waals surface area (Å²) in [5.74, 6) is 0.0173. The normalized spacial score (nSPS) is 10.1. The van der Waals surface area contributed by atoms with Gasteiger partial charge in [0.05, 0.1) is 7.11 Å². The third kappa shape index (κ3) is 6.94. The van der Waals surface area contributed by atoms with Crippen molar-refractivity contribution in [2.75, 3.05) is 20.8 Å². The first-order chi connectivity index (χ1) is 12.1. The average molecular weight is 377 g/mol. The van der Waals surface area contributed by atoms with Gasteiger partial charge in [-0.3, -0.25) is 9.78 Å². The Hall–Kier alpha value is -2.86. The van der Waals surface area contributed by atoms with Crippen LogP contribution in [0, 0.1) is 0 Å². The van der Waals surface area contributed by atoms with Crippen LogP contribution in [0.4, 0.5) is 0 Å². The molecule has 0 unspecified atom stereocenters. The minimum atomic E-state index is -0.439. The fraction of sp³-hybridized carbons (Fsp3) is 0.211. The summed E-state index contributed by atoms with van der Waals surface area (Å²) in [6.45, 7) is 0.362. The molecule has 2 aromatic rings. The number of hydrogen-bond acceptors (Lipinski definition) is 5. The van der Waals surface area contributed by atoms with Gasteiger partial charge in [-0.1, -0.05) is 18.2 Å². The van der Waals surface area contributed by atoms with Gasteiger partial charge in [-0.2, -0.15) is 0 Å². The molecule has 0 spiro atoms. The molecule has 0 atom stereocenters. The number of ether oxygens (including phenoxy) is 2. The lowest BCUT2D eigenvalue weighted by Gasteiger charge is -2.14. The molecule has 0 aliphatic carbocycles. The van der Waals surface area contributed by atoms with Gasteiger partial charge >= 0.3 is 5.97 Å². The Balaban J connectivity index is 0.00000338. The Kier molecular flexibility index (Phi) is 8.87. The van der Waals surface area contributed by atoms with Crippen molar-refractivity contribution in [2.45, 2.75) is 6.54 Å². The number of benzene rings is 1. The monoisotopic (exact) mass is 376 g/mol. The molecular formula is C19H21ClN2O4. The molecule has 1 heterocycles. The summed E-state index contributed by atoms with van der Waals surface area (Å²) in [5.41, 5.74) is 1.83. The molecule has 1 amide bonds. The maximum absolute atomic E-state index is 12.1.